The van der Waals surface area contributed by atoms with Gasteiger partial charge in [0.2, 0.25) is 5.75 Å². The molecular formula is C15H23ClNO3-. The number of hydrogen-bond donors (Lipinski definition) is 0. The molecule has 0 saturated heterocycles. The van der Waals surface area contributed by atoms with Gasteiger partial charge in [0, 0.05) is 6.54 Å². The minimum absolute atomic E-state index is 0. The lowest BCUT2D eigenvalue weighted by Crippen LogP contribution is -3.00. The van der Waals surface area contributed by atoms with E-state index in [1.165, 1.54) is 0 Å². The van der Waals surface area contributed by atoms with Crippen molar-refractivity contribution in [1.29, 1.82) is 0 Å². The highest BCUT2D eigenvalue weighted by Crippen LogP contribution is 2.38. The second kappa shape index (κ2) is 8.93. The minimum atomic E-state index is 0. The molecule has 0 saturated carbocycles. The van der Waals surface area contributed by atoms with E-state index in [1.54, 1.807) is 0 Å². The van der Waals surface area contributed by atoms with Crippen molar-refractivity contribution >= 4 is 0 Å². The van der Waals surface area contributed by atoms with E-state index < -0.39 is 0 Å². The summed E-state index contributed by atoms with van der Waals surface area (Å²) in [5.74, 6) is 2.32. The molecule has 0 unspecified atom stereocenters. The Hall–Kier alpha value is -1.13. The Labute approximate surface area is 127 Å². The fourth-order valence-corrected chi connectivity index (χ4v) is 2.17. The van der Waals surface area contributed by atoms with Gasteiger partial charge in [0.15, 0.2) is 11.5 Å². The van der Waals surface area contributed by atoms with E-state index >= 15 is 0 Å². The number of fused-ring (bicyclic) bond motifs is 1. The van der Waals surface area contributed by atoms with Crippen molar-refractivity contribution in [1.82, 2.24) is 4.90 Å². The summed E-state index contributed by atoms with van der Waals surface area (Å²) in [4.78, 5) is 2.39. The highest BCUT2D eigenvalue weighted by atomic mass is 35.5. The number of halogens is 1. The van der Waals surface area contributed by atoms with E-state index in [-0.39, 0.29) is 12.4 Å². The molecule has 0 amide bonds. The predicted molar refractivity (Wildman–Crippen MR) is 75.3 cm³/mol. The van der Waals surface area contributed by atoms with E-state index in [2.05, 4.69) is 18.7 Å². The SMILES string of the molecule is CCN(CC)CCCOc1cccc2c1OCCO2.[Cl-]. The fraction of sp³-hybridized carbons (Fsp3) is 0.600. The normalized spacial score (nSPS) is 12.9. The third kappa shape index (κ3) is 4.46. The van der Waals surface area contributed by atoms with Gasteiger partial charge >= 0.3 is 0 Å². The maximum atomic E-state index is 5.81. The predicted octanol–water partition coefficient (Wildman–Crippen LogP) is -0.427. The molecule has 0 aromatic heterocycles. The van der Waals surface area contributed by atoms with Crippen LogP contribution in [0.15, 0.2) is 18.2 Å². The number of benzene rings is 1. The van der Waals surface area contributed by atoms with Gasteiger partial charge in [0.1, 0.15) is 13.2 Å². The second-order valence-corrected chi connectivity index (χ2v) is 4.51. The van der Waals surface area contributed by atoms with Gasteiger partial charge in [0.25, 0.3) is 0 Å². The van der Waals surface area contributed by atoms with E-state index in [1.807, 2.05) is 18.2 Å². The van der Waals surface area contributed by atoms with Crippen LogP contribution in [0.1, 0.15) is 20.3 Å². The van der Waals surface area contributed by atoms with Crippen LogP contribution in [-0.4, -0.2) is 44.4 Å². The largest absolute Gasteiger partial charge is 1.00 e. The zero-order valence-corrected chi connectivity index (χ0v) is 13.0. The lowest BCUT2D eigenvalue weighted by atomic mass is 10.3. The van der Waals surface area contributed by atoms with E-state index in [4.69, 9.17) is 14.2 Å². The van der Waals surface area contributed by atoms with Crippen molar-refractivity contribution in [2.45, 2.75) is 20.3 Å². The molecule has 0 atom stereocenters. The Kier molecular flexibility index (Phi) is 7.55. The third-order valence-corrected chi connectivity index (χ3v) is 3.30. The molecule has 1 aliphatic heterocycles. The standard InChI is InChI=1S/C15H23NO3.ClH/c1-3-16(4-2)9-6-10-17-13-7-5-8-14-15(13)19-12-11-18-14;/h5,7-8H,3-4,6,9-12H2,1-2H3;1H/p-1. The molecule has 0 N–H and O–H groups in total. The number of hydrogen-bond acceptors (Lipinski definition) is 4. The molecular weight excluding hydrogens is 278 g/mol. The molecule has 114 valence electrons. The van der Waals surface area contributed by atoms with Crippen molar-refractivity contribution in [3.8, 4) is 17.2 Å². The molecule has 1 aromatic carbocycles. The Morgan fingerprint density at radius 2 is 1.90 bits per heavy atom. The topological polar surface area (TPSA) is 30.9 Å². The number of ether oxygens (including phenoxy) is 3. The maximum absolute atomic E-state index is 5.81. The van der Waals surface area contributed by atoms with Gasteiger partial charge in [-0.05, 0) is 31.6 Å². The van der Waals surface area contributed by atoms with Crippen molar-refractivity contribution in [2.75, 3.05) is 39.5 Å². The summed E-state index contributed by atoms with van der Waals surface area (Å²) in [5.41, 5.74) is 0. The molecule has 5 heteroatoms. The number of nitrogens with zero attached hydrogens (tertiary/aromatic N) is 1. The summed E-state index contributed by atoms with van der Waals surface area (Å²) < 4.78 is 17.0. The van der Waals surface area contributed by atoms with Crippen LogP contribution >= 0.6 is 0 Å². The first-order chi connectivity index (χ1) is 9.35. The lowest BCUT2D eigenvalue weighted by molar-refractivity contribution is -0.00000507. The van der Waals surface area contributed by atoms with Crippen LogP contribution in [0.25, 0.3) is 0 Å². The van der Waals surface area contributed by atoms with E-state index in [0.29, 0.717) is 19.8 Å². The Balaban J connectivity index is 0.00000200. The van der Waals surface area contributed by atoms with Crippen LogP contribution in [0.4, 0.5) is 0 Å². The van der Waals surface area contributed by atoms with Gasteiger partial charge in [0.05, 0.1) is 6.61 Å². The second-order valence-electron chi connectivity index (χ2n) is 4.51. The fourth-order valence-electron chi connectivity index (χ4n) is 2.17. The summed E-state index contributed by atoms with van der Waals surface area (Å²) in [6.45, 7) is 9.52. The summed E-state index contributed by atoms with van der Waals surface area (Å²) in [7, 11) is 0. The Morgan fingerprint density at radius 3 is 2.65 bits per heavy atom. The quantitative estimate of drug-likeness (QED) is 0.640. The molecule has 0 fully saturated rings. The highest BCUT2D eigenvalue weighted by molar-refractivity contribution is 5.51. The molecule has 0 bridgehead atoms. The molecule has 1 aromatic rings. The third-order valence-electron chi connectivity index (χ3n) is 3.30. The van der Waals surface area contributed by atoms with Crippen LogP contribution in [0.5, 0.6) is 17.2 Å². The molecule has 4 nitrogen and oxygen atoms in total. The summed E-state index contributed by atoms with van der Waals surface area (Å²) >= 11 is 0. The molecule has 0 spiro atoms. The Bertz CT molecular complexity index is 397. The molecule has 1 heterocycles. The van der Waals surface area contributed by atoms with Gasteiger partial charge in [-0.25, -0.2) is 0 Å². The summed E-state index contributed by atoms with van der Waals surface area (Å²) in [6.07, 6.45) is 1.02. The zero-order chi connectivity index (χ0) is 13.5. The minimum Gasteiger partial charge on any atom is -1.00 e. The van der Waals surface area contributed by atoms with Crippen molar-refractivity contribution in [3.05, 3.63) is 18.2 Å². The molecule has 20 heavy (non-hydrogen) atoms. The van der Waals surface area contributed by atoms with Crippen LogP contribution in [0.2, 0.25) is 0 Å². The van der Waals surface area contributed by atoms with Gasteiger partial charge in [-0.1, -0.05) is 19.9 Å². The van der Waals surface area contributed by atoms with Gasteiger partial charge in [-0.3, -0.25) is 0 Å². The van der Waals surface area contributed by atoms with Crippen molar-refractivity contribution in [2.24, 2.45) is 0 Å². The molecule has 1 aliphatic rings. The van der Waals surface area contributed by atoms with Gasteiger partial charge in [-0.15, -0.1) is 0 Å². The highest BCUT2D eigenvalue weighted by Gasteiger charge is 2.16. The number of para-hydroxylation sites is 1. The summed E-state index contributed by atoms with van der Waals surface area (Å²) in [5, 5.41) is 0. The van der Waals surface area contributed by atoms with Crippen molar-refractivity contribution < 1.29 is 26.6 Å². The smallest absolute Gasteiger partial charge is 0.203 e. The first-order valence-corrected chi connectivity index (χ1v) is 7.09. The first kappa shape index (κ1) is 16.9. The van der Waals surface area contributed by atoms with Gasteiger partial charge in [-0.2, -0.15) is 0 Å². The van der Waals surface area contributed by atoms with Crippen LogP contribution in [0, 0.1) is 0 Å². The van der Waals surface area contributed by atoms with Crippen LogP contribution < -0.4 is 26.6 Å². The number of rotatable bonds is 7. The summed E-state index contributed by atoms with van der Waals surface area (Å²) in [6, 6.07) is 5.79. The zero-order valence-electron chi connectivity index (χ0n) is 12.2. The lowest BCUT2D eigenvalue weighted by Gasteiger charge is -2.21. The Morgan fingerprint density at radius 1 is 1.15 bits per heavy atom. The maximum Gasteiger partial charge on any atom is 0.203 e. The van der Waals surface area contributed by atoms with Crippen LogP contribution in [-0.2, 0) is 0 Å². The molecule has 0 aliphatic carbocycles. The molecule has 2 rings (SSSR count). The average molecular weight is 301 g/mol. The first-order valence-electron chi connectivity index (χ1n) is 7.09. The van der Waals surface area contributed by atoms with E-state index in [0.717, 1.165) is 43.3 Å². The van der Waals surface area contributed by atoms with Gasteiger partial charge < -0.3 is 31.5 Å². The van der Waals surface area contributed by atoms with Crippen molar-refractivity contribution in [3.63, 3.8) is 0 Å². The monoisotopic (exact) mass is 300 g/mol. The average Bonchev–Trinajstić information content (AvgIpc) is 2.47. The molecule has 0 radical (unpaired) electrons. The van der Waals surface area contributed by atoms with E-state index in [9.17, 15) is 0 Å². The van der Waals surface area contributed by atoms with Crippen LogP contribution in [0.3, 0.4) is 0 Å².